The molecule has 216 valence electrons. The number of rotatable bonds is 8. The van der Waals surface area contributed by atoms with Gasteiger partial charge in [-0.25, -0.2) is 4.98 Å². The lowest BCUT2D eigenvalue weighted by atomic mass is 9.72. The van der Waals surface area contributed by atoms with Crippen LogP contribution in [0, 0.1) is 12.3 Å². The van der Waals surface area contributed by atoms with Crippen LogP contribution in [0.25, 0.3) is 16.6 Å². The second-order valence-electron chi connectivity index (χ2n) is 12.7. The van der Waals surface area contributed by atoms with E-state index in [-0.39, 0.29) is 5.68 Å². The fourth-order valence-corrected chi connectivity index (χ4v) is 6.32. The molecule has 0 amide bonds. The van der Waals surface area contributed by atoms with Gasteiger partial charge in [-0.15, -0.1) is 0 Å². The van der Waals surface area contributed by atoms with Crippen molar-refractivity contribution >= 4 is 35.3 Å². The number of ether oxygens (including phenoxy) is 1. The molecule has 0 bridgehead atoms. The summed E-state index contributed by atoms with van der Waals surface area (Å²) in [5, 5.41) is 0.977. The van der Waals surface area contributed by atoms with Crippen molar-refractivity contribution in [2.24, 2.45) is 5.41 Å². The van der Waals surface area contributed by atoms with Crippen LogP contribution in [-0.2, 0) is 0 Å². The molecule has 6 nitrogen and oxygen atoms in total. The van der Waals surface area contributed by atoms with E-state index in [2.05, 4.69) is 70.9 Å². The molecule has 2 aromatic heterocycles. The van der Waals surface area contributed by atoms with Gasteiger partial charge in [0.05, 0.1) is 6.20 Å². The number of carbonyl (C=O) groups excluding carboxylic acids is 1. The molecule has 0 radical (unpaired) electrons. The number of benzene rings is 2. The Hall–Kier alpha value is -3.84. The molecule has 1 fully saturated rings. The Balaban J connectivity index is 1.18. The molecule has 0 atom stereocenters. The standard InChI is InChI=1S/C35H41BN4O2/c1-24-5-7-25(8-6-24)31-21-35(2,3)13-11-27(31)23-39-15-17-40(18-16-39)28-9-10-30(33(41)36-4)32(20-28)42-29-19-26-12-14-37-34(26)38-22-29/h5-10,12,14,19-20,22,36H,11,13,15-18,21,23H2,1-4H3,(H,37,38). The monoisotopic (exact) mass is 560 g/mol. The average Bonchev–Trinajstić information content (AvgIpc) is 3.46. The van der Waals surface area contributed by atoms with Gasteiger partial charge in [-0.1, -0.05) is 56.1 Å². The maximum absolute atomic E-state index is 12.8. The number of pyridine rings is 1. The van der Waals surface area contributed by atoms with Gasteiger partial charge in [-0.05, 0) is 67.0 Å². The SMILES string of the molecule is CBC(=O)c1ccc(N2CCN(CC3=C(c4ccc(C)cc4)CC(C)(C)CC3)CC2)cc1Oc1cnc2[nH]ccc2c1. The largest absolute Gasteiger partial charge is 0.455 e. The quantitative estimate of drug-likeness (QED) is 0.234. The van der Waals surface area contributed by atoms with Crippen LogP contribution in [0.15, 0.2) is 72.6 Å². The fraction of sp³-hybridized carbons (Fsp3) is 0.371. The van der Waals surface area contributed by atoms with E-state index in [9.17, 15) is 4.79 Å². The number of aryl methyl sites for hydroxylation is 1. The molecule has 1 saturated heterocycles. The second-order valence-corrected chi connectivity index (χ2v) is 12.7. The van der Waals surface area contributed by atoms with E-state index in [0.717, 1.165) is 55.9 Å². The summed E-state index contributed by atoms with van der Waals surface area (Å²) in [4.78, 5) is 25.4. The third kappa shape index (κ3) is 6.17. The molecule has 1 aliphatic heterocycles. The summed E-state index contributed by atoms with van der Waals surface area (Å²) in [5.41, 5.74) is 8.81. The van der Waals surface area contributed by atoms with Crippen molar-refractivity contribution in [2.75, 3.05) is 37.6 Å². The van der Waals surface area contributed by atoms with E-state index in [4.69, 9.17) is 4.74 Å². The third-order valence-corrected chi connectivity index (χ3v) is 8.93. The molecule has 6 rings (SSSR count). The minimum atomic E-state index is 0.0744. The predicted molar refractivity (Wildman–Crippen MR) is 174 cm³/mol. The minimum Gasteiger partial charge on any atom is -0.455 e. The Morgan fingerprint density at radius 1 is 1.05 bits per heavy atom. The van der Waals surface area contributed by atoms with Gasteiger partial charge in [0.25, 0.3) is 0 Å². The lowest BCUT2D eigenvalue weighted by Gasteiger charge is -2.39. The van der Waals surface area contributed by atoms with Gasteiger partial charge in [0.1, 0.15) is 22.8 Å². The number of fused-ring (bicyclic) bond motifs is 1. The van der Waals surface area contributed by atoms with Gasteiger partial charge in [-0.3, -0.25) is 4.90 Å². The van der Waals surface area contributed by atoms with Gasteiger partial charge in [0.2, 0.25) is 7.28 Å². The van der Waals surface area contributed by atoms with E-state index in [1.165, 1.54) is 24.0 Å². The molecule has 42 heavy (non-hydrogen) atoms. The first-order valence-corrected chi connectivity index (χ1v) is 15.3. The second kappa shape index (κ2) is 11.8. The third-order valence-electron chi connectivity index (χ3n) is 8.93. The highest BCUT2D eigenvalue weighted by atomic mass is 16.5. The first kappa shape index (κ1) is 28.3. The molecule has 0 saturated carbocycles. The van der Waals surface area contributed by atoms with Crippen molar-refractivity contribution in [3.8, 4) is 11.5 Å². The van der Waals surface area contributed by atoms with Crippen molar-refractivity contribution < 1.29 is 9.53 Å². The van der Waals surface area contributed by atoms with Crippen molar-refractivity contribution in [1.82, 2.24) is 14.9 Å². The molecular weight excluding hydrogens is 519 g/mol. The fourth-order valence-electron chi connectivity index (χ4n) is 6.32. The van der Waals surface area contributed by atoms with E-state index in [1.807, 2.05) is 37.3 Å². The van der Waals surface area contributed by atoms with Gasteiger partial charge in [0, 0.05) is 61.6 Å². The number of aromatic amines is 1. The Kier molecular flexibility index (Phi) is 7.95. The summed E-state index contributed by atoms with van der Waals surface area (Å²) in [7, 11) is 0.432. The Morgan fingerprint density at radius 3 is 2.60 bits per heavy atom. The van der Waals surface area contributed by atoms with Crippen LogP contribution in [-0.4, -0.2) is 60.6 Å². The summed E-state index contributed by atoms with van der Waals surface area (Å²) in [6.45, 7) is 13.8. The van der Waals surface area contributed by atoms with Gasteiger partial charge in [-0.2, -0.15) is 0 Å². The summed E-state index contributed by atoms with van der Waals surface area (Å²) in [5.74, 6) is 1.22. The molecule has 2 aromatic carbocycles. The maximum atomic E-state index is 12.8. The number of anilines is 1. The van der Waals surface area contributed by atoms with Crippen LogP contribution in [0.4, 0.5) is 5.69 Å². The number of allylic oxidation sites excluding steroid dienone is 1. The van der Waals surface area contributed by atoms with E-state index >= 15 is 0 Å². The van der Waals surface area contributed by atoms with Crippen molar-refractivity contribution in [3.63, 3.8) is 0 Å². The minimum absolute atomic E-state index is 0.0744. The highest BCUT2D eigenvalue weighted by Crippen LogP contribution is 2.43. The normalized spacial score (nSPS) is 17.5. The van der Waals surface area contributed by atoms with Crippen molar-refractivity contribution in [3.05, 3.63) is 89.3 Å². The number of nitrogens with one attached hydrogen (secondary N) is 1. The van der Waals surface area contributed by atoms with Crippen LogP contribution in [0.2, 0.25) is 6.82 Å². The summed E-state index contributed by atoms with van der Waals surface area (Å²) < 4.78 is 6.30. The first-order valence-electron chi connectivity index (χ1n) is 15.3. The van der Waals surface area contributed by atoms with Crippen molar-refractivity contribution in [1.29, 1.82) is 0 Å². The number of carbonyl (C=O) groups is 1. The molecule has 4 aromatic rings. The molecule has 0 spiro atoms. The lowest BCUT2D eigenvalue weighted by molar-refractivity contribution is 0.107. The number of hydrogen-bond donors (Lipinski definition) is 1. The molecule has 2 aliphatic rings. The molecule has 7 heteroatoms. The smallest absolute Gasteiger partial charge is 0.208 e. The zero-order valence-corrected chi connectivity index (χ0v) is 25.4. The van der Waals surface area contributed by atoms with Gasteiger partial charge < -0.3 is 19.4 Å². The molecule has 0 unspecified atom stereocenters. The van der Waals surface area contributed by atoms with Crippen LogP contribution in [0.5, 0.6) is 11.5 Å². The van der Waals surface area contributed by atoms with Gasteiger partial charge in [0.15, 0.2) is 0 Å². The van der Waals surface area contributed by atoms with Crippen LogP contribution in [0.1, 0.15) is 54.6 Å². The Morgan fingerprint density at radius 2 is 1.83 bits per heavy atom. The Labute approximate surface area is 250 Å². The molecule has 1 aliphatic carbocycles. The summed E-state index contributed by atoms with van der Waals surface area (Å²) in [6, 6.07) is 19.0. The average molecular weight is 561 g/mol. The molecule has 3 heterocycles. The number of H-pyrrole nitrogens is 1. The van der Waals surface area contributed by atoms with E-state index in [0.29, 0.717) is 29.8 Å². The van der Waals surface area contributed by atoms with Crippen molar-refractivity contribution in [2.45, 2.75) is 46.9 Å². The maximum Gasteiger partial charge on any atom is 0.208 e. The van der Waals surface area contributed by atoms with Crippen LogP contribution >= 0.6 is 0 Å². The number of piperazine rings is 1. The summed E-state index contributed by atoms with van der Waals surface area (Å²) >= 11 is 0. The highest BCUT2D eigenvalue weighted by Gasteiger charge is 2.29. The van der Waals surface area contributed by atoms with Crippen LogP contribution < -0.4 is 9.64 Å². The molecular formula is C35H41BN4O2. The van der Waals surface area contributed by atoms with Crippen LogP contribution in [0.3, 0.4) is 0 Å². The zero-order valence-electron chi connectivity index (χ0n) is 25.4. The number of aromatic nitrogens is 2. The lowest BCUT2D eigenvalue weighted by Crippen LogP contribution is -2.47. The predicted octanol–water partition coefficient (Wildman–Crippen LogP) is 7.07. The number of nitrogens with zero attached hydrogens (tertiary/aromatic N) is 3. The van der Waals surface area contributed by atoms with E-state index in [1.54, 1.807) is 17.3 Å². The summed E-state index contributed by atoms with van der Waals surface area (Å²) in [6.07, 6.45) is 7.13. The first-order chi connectivity index (χ1) is 20.3. The number of hydrogen-bond acceptors (Lipinski definition) is 5. The topological polar surface area (TPSA) is 61.5 Å². The molecule has 1 N–H and O–H groups in total. The highest BCUT2D eigenvalue weighted by molar-refractivity contribution is 6.76. The van der Waals surface area contributed by atoms with Gasteiger partial charge >= 0.3 is 0 Å². The van der Waals surface area contributed by atoms with E-state index < -0.39 is 0 Å². The Bertz CT molecular complexity index is 1610. The zero-order chi connectivity index (χ0) is 29.3.